The average molecular weight is 254 g/mol. The van der Waals surface area contributed by atoms with Crippen molar-refractivity contribution in [1.82, 2.24) is 9.80 Å². The SMILES string of the molecule is COC(=O)C1(CN(C)CC2CCCN(C)C2)CC1. The van der Waals surface area contributed by atoms with E-state index in [1.165, 1.54) is 33.0 Å². The quantitative estimate of drug-likeness (QED) is 0.691. The highest BCUT2D eigenvalue weighted by molar-refractivity contribution is 5.80. The topological polar surface area (TPSA) is 32.8 Å². The van der Waals surface area contributed by atoms with Gasteiger partial charge in [0, 0.05) is 19.6 Å². The number of carbonyl (C=O) groups excluding carboxylic acids is 1. The molecule has 1 heterocycles. The van der Waals surface area contributed by atoms with Crippen LogP contribution in [-0.4, -0.2) is 63.2 Å². The Hall–Kier alpha value is -0.610. The van der Waals surface area contributed by atoms with Gasteiger partial charge in [0.05, 0.1) is 12.5 Å². The number of hydrogen-bond acceptors (Lipinski definition) is 4. The van der Waals surface area contributed by atoms with Crippen LogP contribution in [0.25, 0.3) is 0 Å². The molecule has 2 rings (SSSR count). The lowest BCUT2D eigenvalue weighted by Gasteiger charge is -2.33. The van der Waals surface area contributed by atoms with Gasteiger partial charge in [-0.3, -0.25) is 4.79 Å². The summed E-state index contributed by atoms with van der Waals surface area (Å²) in [5.41, 5.74) is -0.177. The van der Waals surface area contributed by atoms with Gasteiger partial charge in [0.1, 0.15) is 0 Å². The van der Waals surface area contributed by atoms with E-state index in [0.717, 1.165) is 31.8 Å². The van der Waals surface area contributed by atoms with Gasteiger partial charge in [0.2, 0.25) is 0 Å². The number of piperidine rings is 1. The van der Waals surface area contributed by atoms with E-state index in [2.05, 4.69) is 23.9 Å². The Morgan fingerprint density at radius 2 is 2.22 bits per heavy atom. The number of esters is 1. The molecule has 0 amide bonds. The maximum absolute atomic E-state index is 11.7. The van der Waals surface area contributed by atoms with Gasteiger partial charge in [-0.1, -0.05) is 0 Å². The summed E-state index contributed by atoms with van der Waals surface area (Å²) < 4.78 is 4.91. The number of ether oxygens (including phenoxy) is 1. The first-order valence-corrected chi connectivity index (χ1v) is 7.01. The van der Waals surface area contributed by atoms with Crippen LogP contribution in [0.2, 0.25) is 0 Å². The second kappa shape index (κ2) is 5.57. The molecule has 4 heteroatoms. The van der Waals surface area contributed by atoms with Crippen LogP contribution in [0.1, 0.15) is 25.7 Å². The van der Waals surface area contributed by atoms with Gasteiger partial charge in [0.15, 0.2) is 0 Å². The summed E-state index contributed by atoms with van der Waals surface area (Å²) in [6, 6.07) is 0. The zero-order chi connectivity index (χ0) is 13.2. The van der Waals surface area contributed by atoms with E-state index >= 15 is 0 Å². The molecule has 1 saturated carbocycles. The van der Waals surface area contributed by atoms with Crippen LogP contribution in [0, 0.1) is 11.3 Å². The van der Waals surface area contributed by atoms with E-state index < -0.39 is 0 Å². The van der Waals surface area contributed by atoms with Crippen molar-refractivity contribution in [3.8, 4) is 0 Å². The summed E-state index contributed by atoms with van der Waals surface area (Å²) in [4.78, 5) is 16.5. The Morgan fingerprint density at radius 1 is 1.50 bits per heavy atom. The fraction of sp³-hybridized carbons (Fsp3) is 0.929. The molecule has 1 atom stereocenters. The summed E-state index contributed by atoms with van der Waals surface area (Å²) in [6.45, 7) is 4.38. The van der Waals surface area contributed by atoms with Crippen LogP contribution < -0.4 is 0 Å². The second-order valence-corrected chi connectivity index (χ2v) is 6.24. The minimum Gasteiger partial charge on any atom is -0.469 e. The average Bonchev–Trinajstić information content (AvgIpc) is 3.08. The lowest BCUT2D eigenvalue weighted by Crippen LogP contribution is -2.40. The van der Waals surface area contributed by atoms with E-state index in [-0.39, 0.29) is 11.4 Å². The summed E-state index contributed by atoms with van der Waals surface area (Å²) in [5, 5.41) is 0. The molecule has 1 saturated heterocycles. The van der Waals surface area contributed by atoms with Crippen molar-refractivity contribution in [1.29, 1.82) is 0 Å². The first-order chi connectivity index (χ1) is 8.55. The number of rotatable bonds is 5. The van der Waals surface area contributed by atoms with Gasteiger partial charge in [-0.25, -0.2) is 0 Å². The van der Waals surface area contributed by atoms with Gasteiger partial charge in [-0.2, -0.15) is 0 Å². The summed E-state index contributed by atoms with van der Waals surface area (Å²) >= 11 is 0. The van der Waals surface area contributed by atoms with Crippen molar-refractivity contribution >= 4 is 5.97 Å². The Balaban J connectivity index is 1.78. The van der Waals surface area contributed by atoms with E-state index in [1.807, 2.05) is 0 Å². The largest absolute Gasteiger partial charge is 0.469 e. The zero-order valence-corrected chi connectivity index (χ0v) is 11.9. The van der Waals surface area contributed by atoms with Crippen molar-refractivity contribution < 1.29 is 9.53 Å². The van der Waals surface area contributed by atoms with E-state index in [4.69, 9.17) is 4.74 Å². The highest BCUT2D eigenvalue weighted by Crippen LogP contribution is 2.47. The third kappa shape index (κ3) is 3.23. The lowest BCUT2D eigenvalue weighted by molar-refractivity contribution is -0.147. The summed E-state index contributed by atoms with van der Waals surface area (Å²) in [7, 11) is 5.83. The Labute approximate surface area is 110 Å². The molecule has 1 aliphatic heterocycles. The Bertz CT molecular complexity index is 302. The molecule has 0 spiro atoms. The third-order valence-corrected chi connectivity index (χ3v) is 4.34. The number of likely N-dealkylation sites (tertiary alicyclic amines) is 1. The molecule has 18 heavy (non-hydrogen) atoms. The molecule has 0 N–H and O–H groups in total. The summed E-state index contributed by atoms with van der Waals surface area (Å²) in [6.07, 6.45) is 4.61. The minimum absolute atomic E-state index is 0.0184. The number of nitrogens with zero attached hydrogens (tertiary/aromatic N) is 2. The van der Waals surface area contributed by atoms with Crippen molar-refractivity contribution in [2.45, 2.75) is 25.7 Å². The van der Waals surface area contributed by atoms with E-state index in [9.17, 15) is 4.79 Å². The molecular weight excluding hydrogens is 228 g/mol. The van der Waals surface area contributed by atoms with E-state index in [0.29, 0.717) is 0 Å². The molecule has 0 aromatic carbocycles. The Kier molecular flexibility index (Phi) is 4.28. The van der Waals surface area contributed by atoms with Crippen LogP contribution >= 0.6 is 0 Å². The molecular formula is C14H26N2O2. The fourth-order valence-corrected chi connectivity index (χ4v) is 3.24. The molecule has 0 bridgehead atoms. The zero-order valence-electron chi connectivity index (χ0n) is 11.9. The van der Waals surface area contributed by atoms with Gasteiger partial charge in [-0.05, 0) is 52.2 Å². The molecule has 1 aliphatic carbocycles. The molecule has 1 unspecified atom stereocenters. The lowest BCUT2D eigenvalue weighted by atomic mass is 9.97. The number of methoxy groups -OCH3 is 1. The molecule has 0 aromatic heterocycles. The first-order valence-electron chi connectivity index (χ1n) is 7.01. The predicted molar refractivity (Wildman–Crippen MR) is 71.4 cm³/mol. The summed E-state index contributed by atoms with van der Waals surface area (Å²) in [5.74, 6) is 0.734. The number of hydrogen-bond donors (Lipinski definition) is 0. The number of carbonyl (C=O) groups is 1. The van der Waals surface area contributed by atoms with Crippen LogP contribution in [0.3, 0.4) is 0 Å². The van der Waals surface area contributed by atoms with Crippen LogP contribution in [0.4, 0.5) is 0 Å². The Morgan fingerprint density at radius 3 is 2.78 bits per heavy atom. The van der Waals surface area contributed by atoms with Gasteiger partial charge >= 0.3 is 5.97 Å². The predicted octanol–water partition coefficient (Wildman–Crippen LogP) is 1.21. The van der Waals surface area contributed by atoms with Gasteiger partial charge < -0.3 is 14.5 Å². The molecule has 2 fully saturated rings. The van der Waals surface area contributed by atoms with E-state index in [1.54, 1.807) is 0 Å². The van der Waals surface area contributed by atoms with Crippen molar-refractivity contribution in [2.24, 2.45) is 11.3 Å². The molecule has 2 aliphatic rings. The molecule has 104 valence electrons. The highest BCUT2D eigenvalue weighted by Gasteiger charge is 2.51. The minimum atomic E-state index is -0.177. The molecule has 0 radical (unpaired) electrons. The molecule has 4 nitrogen and oxygen atoms in total. The highest BCUT2D eigenvalue weighted by atomic mass is 16.5. The maximum atomic E-state index is 11.7. The van der Waals surface area contributed by atoms with Crippen molar-refractivity contribution in [3.05, 3.63) is 0 Å². The van der Waals surface area contributed by atoms with Gasteiger partial charge in [0.25, 0.3) is 0 Å². The van der Waals surface area contributed by atoms with Crippen LogP contribution in [0.5, 0.6) is 0 Å². The smallest absolute Gasteiger partial charge is 0.313 e. The second-order valence-electron chi connectivity index (χ2n) is 6.24. The van der Waals surface area contributed by atoms with Crippen molar-refractivity contribution in [3.63, 3.8) is 0 Å². The standard InChI is InChI=1S/C14H26N2O2/c1-15-8-4-5-12(9-15)10-16(2)11-14(6-7-14)13(17)18-3/h12H,4-11H2,1-3H3. The molecule has 0 aromatic rings. The van der Waals surface area contributed by atoms with Crippen molar-refractivity contribution in [2.75, 3.05) is 47.4 Å². The maximum Gasteiger partial charge on any atom is 0.313 e. The monoisotopic (exact) mass is 254 g/mol. The normalized spacial score (nSPS) is 27.2. The van der Waals surface area contributed by atoms with Crippen LogP contribution in [-0.2, 0) is 9.53 Å². The third-order valence-electron chi connectivity index (χ3n) is 4.34. The van der Waals surface area contributed by atoms with Gasteiger partial charge in [-0.15, -0.1) is 0 Å². The fourth-order valence-electron chi connectivity index (χ4n) is 3.24. The van der Waals surface area contributed by atoms with Crippen LogP contribution in [0.15, 0.2) is 0 Å². The first kappa shape index (κ1) is 13.8.